The van der Waals surface area contributed by atoms with Crippen LogP contribution in [0.25, 0.3) is 0 Å². The Morgan fingerprint density at radius 3 is 1.64 bits per heavy atom. The van der Waals surface area contributed by atoms with Crippen molar-refractivity contribution >= 4 is 34.7 Å². The maximum atomic E-state index is 14.1. The van der Waals surface area contributed by atoms with Gasteiger partial charge in [0.2, 0.25) is 0 Å². The van der Waals surface area contributed by atoms with Crippen LogP contribution in [-0.2, 0) is 10.7 Å². The van der Waals surface area contributed by atoms with E-state index in [1.807, 2.05) is 0 Å². The summed E-state index contributed by atoms with van der Waals surface area (Å²) in [4.78, 5) is 0. The summed E-state index contributed by atoms with van der Waals surface area (Å²) >= 11 is 5.85. The Morgan fingerprint density at radius 1 is 0.720 bits per heavy atom. The zero-order valence-electron chi connectivity index (χ0n) is 12.9. The average Bonchev–Trinajstić information content (AvgIpc) is 2.61. The van der Waals surface area contributed by atoms with Crippen molar-refractivity contribution in [1.29, 1.82) is 0 Å². The van der Waals surface area contributed by atoms with Gasteiger partial charge in [-0.05, 0) is 6.07 Å². The van der Waals surface area contributed by atoms with Crippen molar-refractivity contribution in [1.82, 2.24) is 0 Å². The first-order chi connectivity index (χ1) is 11.8. The zero-order valence-corrected chi connectivity index (χ0v) is 14.5. The first-order valence-corrected chi connectivity index (χ1v) is 9.51. The lowest BCUT2D eigenvalue weighted by atomic mass is 10.2. The second kappa shape index (κ2) is 6.70. The van der Waals surface area contributed by atoms with Crippen molar-refractivity contribution in [3.8, 4) is 0 Å². The minimum absolute atomic E-state index is 0.301. The summed E-state index contributed by atoms with van der Waals surface area (Å²) in [5.74, 6) is 0. The van der Waals surface area contributed by atoms with Crippen LogP contribution in [-0.4, -0.2) is 0 Å². The van der Waals surface area contributed by atoms with E-state index in [1.165, 1.54) is 12.1 Å². The molecule has 3 aromatic carbocycles. The summed E-state index contributed by atoms with van der Waals surface area (Å²) in [7, 11) is -3.74. The Morgan fingerprint density at radius 2 is 1.20 bits per heavy atom. The molecular formula is C19H13ClF3OP. The molecule has 0 spiro atoms. The smallest absolute Gasteiger partial charge is 0.309 e. The Kier molecular flexibility index (Phi) is 4.77. The van der Waals surface area contributed by atoms with E-state index in [0.717, 1.165) is 6.07 Å². The van der Waals surface area contributed by atoms with Gasteiger partial charge in [0.25, 0.3) is 0 Å². The van der Waals surface area contributed by atoms with Crippen molar-refractivity contribution in [2.75, 3.05) is 0 Å². The van der Waals surface area contributed by atoms with Crippen LogP contribution in [0.3, 0.4) is 0 Å². The maximum absolute atomic E-state index is 14.1. The quantitative estimate of drug-likeness (QED) is 0.584. The minimum Gasteiger partial charge on any atom is -0.309 e. The normalized spacial score (nSPS) is 12.2. The van der Waals surface area contributed by atoms with Gasteiger partial charge in [0.1, 0.15) is 0 Å². The predicted molar refractivity (Wildman–Crippen MR) is 95.8 cm³/mol. The summed E-state index contributed by atoms with van der Waals surface area (Å²) in [6.07, 6.45) is -4.72. The fourth-order valence-corrected chi connectivity index (χ4v) is 6.00. The van der Waals surface area contributed by atoms with Gasteiger partial charge in [0.05, 0.1) is 10.6 Å². The summed E-state index contributed by atoms with van der Waals surface area (Å²) in [5.41, 5.74) is -1.05. The van der Waals surface area contributed by atoms with Crippen LogP contribution in [0.2, 0.25) is 5.02 Å². The number of benzene rings is 3. The fraction of sp³-hybridized carbons (Fsp3) is 0.0526. The Bertz CT molecular complexity index is 881. The molecule has 0 atom stereocenters. The second-order valence-electron chi connectivity index (χ2n) is 5.41. The molecule has 0 radical (unpaired) electrons. The molecule has 0 saturated carbocycles. The first-order valence-electron chi connectivity index (χ1n) is 7.42. The van der Waals surface area contributed by atoms with E-state index in [-0.39, 0.29) is 5.30 Å². The van der Waals surface area contributed by atoms with E-state index in [0.29, 0.717) is 10.6 Å². The van der Waals surface area contributed by atoms with Crippen LogP contribution in [0, 0.1) is 0 Å². The molecule has 3 aromatic rings. The van der Waals surface area contributed by atoms with Crippen molar-refractivity contribution < 1.29 is 17.7 Å². The van der Waals surface area contributed by atoms with Crippen molar-refractivity contribution in [2.24, 2.45) is 0 Å². The molecule has 0 fully saturated rings. The van der Waals surface area contributed by atoms with Crippen LogP contribution >= 0.6 is 18.7 Å². The van der Waals surface area contributed by atoms with Gasteiger partial charge in [0.15, 0.2) is 7.14 Å². The van der Waals surface area contributed by atoms with Crippen LogP contribution in [0.15, 0.2) is 78.9 Å². The second-order valence-corrected chi connectivity index (χ2v) is 8.55. The van der Waals surface area contributed by atoms with Crippen molar-refractivity contribution in [3.63, 3.8) is 0 Å². The lowest BCUT2D eigenvalue weighted by Gasteiger charge is -2.24. The third-order valence-corrected chi connectivity index (χ3v) is 7.27. The summed E-state index contributed by atoms with van der Waals surface area (Å²) in [6, 6.07) is 20.2. The zero-order chi connectivity index (χ0) is 18.1. The molecule has 0 unspecified atom stereocenters. The highest BCUT2D eigenvalue weighted by molar-refractivity contribution is 7.85. The maximum Gasteiger partial charge on any atom is 0.418 e. The Hall–Kier alpha value is -2.03. The van der Waals surface area contributed by atoms with Crippen LogP contribution in [0.4, 0.5) is 13.2 Å². The van der Waals surface area contributed by atoms with Gasteiger partial charge in [-0.3, -0.25) is 0 Å². The molecule has 0 N–H and O–H groups in total. The van der Waals surface area contributed by atoms with Gasteiger partial charge in [-0.15, -0.1) is 0 Å². The van der Waals surface area contributed by atoms with E-state index in [2.05, 4.69) is 0 Å². The van der Waals surface area contributed by atoms with E-state index in [9.17, 15) is 17.7 Å². The first kappa shape index (κ1) is 17.8. The van der Waals surface area contributed by atoms with E-state index in [4.69, 9.17) is 11.6 Å². The number of alkyl halides is 3. The molecule has 6 heteroatoms. The largest absolute Gasteiger partial charge is 0.418 e. The van der Waals surface area contributed by atoms with E-state index >= 15 is 0 Å². The van der Waals surface area contributed by atoms with Gasteiger partial charge in [-0.1, -0.05) is 84.4 Å². The molecule has 0 aromatic heterocycles. The summed E-state index contributed by atoms with van der Waals surface area (Å²) < 4.78 is 55.1. The SMILES string of the molecule is O=P(c1ccccc1)(c1ccccc1)c1cccc(Cl)c1C(F)(F)F. The van der Waals surface area contributed by atoms with Crippen molar-refractivity contribution in [2.45, 2.75) is 6.18 Å². The molecule has 0 amide bonds. The standard InChI is InChI=1S/C19H13ClF3OP/c20-16-12-7-13-17(18(16)19(21,22)23)25(24,14-8-3-1-4-9-14)15-10-5-2-6-11-15/h1-13H. The van der Waals surface area contributed by atoms with Gasteiger partial charge in [0, 0.05) is 15.9 Å². The molecule has 0 saturated heterocycles. The van der Waals surface area contributed by atoms with Crippen LogP contribution in [0.1, 0.15) is 5.56 Å². The highest BCUT2D eigenvalue weighted by Gasteiger charge is 2.42. The summed E-state index contributed by atoms with van der Waals surface area (Å²) in [5, 5.41) is -0.107. The summed E-state index contributed by atoms with van der Waals surface area (Å²) in [6.45, 7) is 0. The Balaban J connectivity index is 2.40. The topological polar surface area (TPSA) is 17.1 Å². The van der Waals surface area contributed by atoms with Gasteiger partial charge in [-0.2, -0.15) is 13.2 Å². The molecule has 0 bridgehead atoms. The monoisotopic (exact) mass is 380 g/mol. The lowest BCUT2D eigenvalue weighted by molar-refractivity contribution is -0.136. The third-order valence-electron chi connectivity index (χ3n) is 3.85. The van der Waals surface area contributed by atoms with Crippen molar-refractivity contribution in [3.05, 3.63) is 89.4 Å². The molecule has 0 aliphatic rings. The molecule has 25 heavy (non-hydrogen) atoms. The third kappa shape index (κ3) is 3.24. The average molecular weight is 381 g/mol. The van der Waals surface area contributed by atoms with E-state index in [1.54, 1.807) is 60.7 Å². The van der Waals surface area contributed by atoms with Crippen LogP contribution in [0.5, 0.6) is 0 Å². The van der Waals surface area contributed by atoms with Gasteiger partial charge < -0.3 is 4.57 Å². The Labute approximate surface area is 148 Å². The molecular weight excluding hydrogens is 368 g/mol. The highest BCUT2D eigenvalue weighted by atomic mass is 35.5. The molecule has 0 heterocycles. The van der Waals surface area contributed by atoms with Crippen LogP contribution < -0.4 is 15.9 Å². The molecule has 0 aliphatic carbocycles. The highest BCUT2D eigenvalue weighted by Crippen LogP contribution is 2.47. The lowest BCUT2D eigenvalue weighted by Crippen LogP contribution is -2.30. The number of hydrogen-bond donors (Lipinski definition) is 0. The van der Waals surface area contributed by atoms with E-state index < -0.39 is 23.9 Å². The molecule has 0 aliphatic heterocycles. The van der Waals surface area contributed by atoms with Gasteiger partial charge in [-0.25, -0.2) is 0 Å². The minimum atomic E-state index is -4.72. The number of halogens is 4. The molecule has 3 rings (SSSR count). The fourth-order valence-electron chi connectivity index (χ4n) is 2.76. The number of rotatable bonds is 3. The van der Waals surface area contributed by atoms with Gasteiger partial charge >= 0.3 is 6.18 Å². The molecule has 1 nitrogen and oxygen atoms in total. The predicted octanol–water partition coefficient (Wildman–Crippen LogP) is 5.00. The number of hydrogen-bond acceptors (Lipinski definition) is 1. The molecule has 128 valence electrons.